The van der Waals surface area contributed by atoms with Gasteiger partial charge in [-0.1, -0.05) is 25.6 Å². The van der Waals surface area contributed by atoms with Crippen molar-refractivity contribution in [3.8, 4) is 11.5 Å². The highest BCUT2D eigenvalue weighted by Gasteiger charge is 2.55. The smallest absolute Gasteiger partial charge is 0.316 e. The minimum absolute atomic E-state index is 0.00285. The van der Waals surface area contributed by atoms with E-state index in [1.165, 1.54) is 31.4 Å². The molecular weight excluding hydrogens is 794 g/mol. The minimum Gasteiger partial charge on any atom is -0.507 e. The second-order valence-corrected chi connectivity index (χ2v) is 17.6. The summed E-state index contributed by atoms with van der Waals surface area (Å²) in [5, 5.41) is 46.3. The fourth-order valence-electron chi connectivity index (χ4n) is 9.92. The second-order valence-electron chi connectivity index (χ2n) is 17.6. The maximum Gasteiger partial charge on any atom is 0.316 e. The number of nitrogens with zero attached hydrogens (tertiary/aromatic N) is 1. The molecule has 7 rings (SSSR count). The number of phenols is 2. The maximum absolute atomic E-state index is 14.0. The number of hydrogen-bond acceptors (Lipinski definition) is 15. The third-order valence-corrected chi connectivity index (χ3v) is 13.3. The van der Waals surface area contributed by atoms with Gasteiger partial charge < -0.3 is 58.1 Å². The number of benzene rings is 2. The van der Waals surface area contributed by atoms with Crippen molar-refractivity contribution in [3.05, 3.63) is 70.3 Å². The van der Waals surface area contributed by atoms with Crippen molar-refractivity contribution >= 4 is 23.3 Å². The van der Waals surface area contributed by atoms with Crippen LogP contribution in [0.3, 0.4) is 0 Å². The number of ketones is 3. The maximum atomic E-state index is 14.0. The van der Waals surface area contributed by atoms with Gasteiger partial charge >= 0.3 is 5.97 Å². The first-order chi connectivity index (χ1) is 28.8. The van der Waals surface area contributed by atoms with Gasteiger partial charge in [-0.15, -0.1) is 0 Å². The first-order valence-electron chi connectivity index (χ1n) is 21.0. The summed E-state index contributed by atoms with van der Waals surface area (Å²) in [7, 11) is 5.20. The van der Waals surface area contributed by atoms with Crippen molar-refractivity contribution in [2.75, 3.05) is 27.7 Å². The number of carbonyl (C=O) groups excluding carboxylic acids is 4. The molecule has 0 unspecified atom stereocenters. The molecule has 3 aliphatic heterocycles. The van der Waals surface area contributed by atoms with Gasteiger partial charge in [-0.2, -0.15) is 0 Å². The third kappa shape index (κ3) is 8.18. The Bertz CT molecular complexity index is 2060. The highest BCUT2D eigenvalue weighted by atomic mass is 16.7. The number of hydrogen-bond donors (Lipinski definition) is 4. The van der Waals surface area contributed by atoms with Gasteiger partial charge in [0.05, 0.1) is 75.3 Å². The zero-order valence-corrected chi connectivity index (χ0v) is 35.7. The molecule has 16 heteroatoms. The van der Waals surface area contributed by atoms with E-state index in [4.69, 9.17) is 33.2 Å². The molecule has 0 bridgehead atoms. The lowest BCUT2D eigenvalue weighted by atomic mass is 9.67. The van der Waals surface area contributed by atoms with Crippen molar-refractivity contribution in [2.24, 2.45) is 0 Å². The number of ether oxygens (including phenoxy) is 7. The Morgan fingerprint density at radius 3 is 2.25 bits per heavy atom. The number of likely N-dealkylation sites (N-methyl/N-ethyl adjacent to an activating group) is 1. The van der Waals surface area contributed by atoms with Gasteiger partial charge in [0.25, 0.3) is 0 Å². The number of phenolic OH excluding ortho intramolecular Hbond substituents is 2. The van der Waals surface area contributed by atoms with Crippen LogP contribution in [0.2, 0.25) is 0 Å². The molecule has 13 atom stereocenters. The fourth-order valence-corrected chi connectivity index (χ4v) is 9.92. The van der Waals surface area contributed by atoms with E-state index in [1.54, 1.807) is 26.8 Å². The predicted molar refractivity (Wildman–Crippen MR) is 215 cm³/mol. The SMILES string of the molecule is C=CC[N+](C)(C)[C@H]1C[C@H](O[C@H]2C[C@](O)(CC)[C@H](C(=O)OC)c3cc4c(c(O)c32)C(=O)c2c(O)cccc2C4=O)O[C@@H](C)[C@H]1O[C@H]1C[C@H](O)[C@H](O[C@H]2CCC(=O)[C@H](C)O2)[C@H](C)O1. The summed E-state index contributed by atoms with van der Waals surface area (Å²) in [4.78, 5) is 53.4. The molecule has 0 spiro atoms. The molecule has 2 aromatic carbocycles. The molecule has 16 nitrogen and oxygen atoms in total. The molecule has 3 fully saturated rings. The van der Waals surface area contributed by atoms with E-state index in [2.05, 4.69) is 6.58 Å². The zero-order valence-electron chi connectivity index (χ0n) is 35.7. The molecular formula is C45H58NO15+. The topological polar surface area (TPSA) is 214 Å². The molecule has 0 amide bonds. The number of aromatic hydroxyl groups is 2. The van der Waals surface area contributed by atoms with Crippen LogP contribution in [0.1, 0.15) is 121 Å². The Balaban J connectivity index is 1.18. The van der Waals surface area contributed by atoms with Crippen molar-refractivity contribution in [3.63, 3.8) is 0 Å². The van der Waals surface area contributed by atoms with E-state index in [0.29, 0.717) is 23.9 Å². The van der Waals surface area contributed by atoms with Crippen molar-refractivity contribution in [1.82, 2.24) is 0 Å². The molecule has 61 heavy (non-hydrogen) atoms. The number of fused-ring (bicyclic) bond motifs is 3. The molecule has 3 saturated heterocycles. The summed E-state index contributed by atoms with van der Waals surface area (Å²) in [6, 6.07) is 5.11. The standard InChI is InChI=1S/C45H57NO15/c1-9-16-46(6,7)27-18-33(57-22(4)42(27)61-34-19-30(49)43(23(5)58-34)60-32-15-14-28(47)21(3)56-32)59-31-20-45(54,10-2)38(44(53)55-8)25-17-26-37(41(52)36(25)31)40(51)35-24(39(26)50)12-11-13-29(35)48/h9,11-13,17,21-23,27,30-34,38,42-43,49,54H,1,10,14-16,18-20H2,2-8H3,(H-,48,51,52)/p+1/t21-,22-,23-,27-,30-,31-,32-,33-,34-,38-,42+,43+,45+/m0/s1. The average Bonchev–Trinajstić information content (AvgIpc) is 3.20. The largest absolute Gasteiger partial charge is 0.507 e. The molecule has 3 heterocycles. The average molecular weight is 853 g/mol. The van der Waals surface area contributed by atoms with E-state index in [0.717, 1.165) is 0 Å². The number of quaternary nitrogens is 1. The van der Waals surface area contributed by atoms with Gasteiger partial charge in [0.15, 0.2) is 30.4 Å². The van der Waals surface area contributed by atoms with Gasteiger partial charge in [0, 0.05) is 42.4 Å². The van der Waals surface area contributed by atoms with Gasteiger partial charge in [-0.3, -0.25) is 19.2 Å². The van der Waals surface area contributed by atoms with Crippen LogP contribution < -0.4 is 0 Å². The Morgan fingerprint density at radius 2 is 1.61 bits per heavy atom. The Morgan fingerprint density at radius 1 is 0.934 bits per heavy atom. The van der Waals surface area contributed by atoms with Crippen LogP contribution in [0.15, 0.2) is 36.9 Å². The molecule has 2 aromatic rings. The van der Waals surface area contributed by atoms with Crippen LogP contribution >= 0.6 is 0 Å². The second kappa shape index (κ2) is 17.2. The lowest BCUT2D eigenvalue weighted by Gasteiger charge is -2.50. The summed E-state index contributed by atoms with van der Waals surface area (Å²) < 4.78 is 43.6. The first kappa shape index (κ1) is 44.9. The summed E-state index contributed by atoms with van der Waals surface area (Å²) >= 11 is 0. The summed E-state index contributed by atoms with van der Waals surface area (Å²) in [5.41, 5.74) is -2.54. The number of carbonyl (C=O) groups is 4. The van der Waals surface area contributed by atoms with E-state index in [1.807, 2.05) is 21.0 Å². The van der Waals surface area contributed by atoms with Gasteiger partial charge in [0.1, 0.15) is 41.8 Å². The minimum atomic E-state index is -1.77. The van der Waals surface area contributed by atoms with Crippen LogP contribution in [0, 0.1) is 0 Å². The number of esters is 1. The number of rotatable bonds is 11. The van der Waals surface area contributed by atoms with Gasteiger partial charge in [0.2, 0.25) is 5.78 Å². The number of aliphatic hydroxyl groups is 2. The summed E-state index contributed by atoms with van der Waals surface area (Å²) in [5.74, 6) is -4.63. The lowest BCUT2D eigenvalue weighted by molar-refractivity contribution is -0.916. The van der Waals surface area contributed by atoms with Crippen molar-refractivity contribution in [2.45, 2.75) is 145 Å². The normalized spacial score (nSPS) is 35.2. The van der Waals surface area contributed by atoms with Crippen LogP contribution in [0.25, 0.3) is 0 Å². The van der Waals surface area contributed by atoms with Crippen LogP contribution in [0.5, 0.6) is 11.5 Å². The van der Waals surface area contributed by atoms with Gasteiger partial charge in [-0.25, -0.2) is 0 Å². The van der Waals surface area contributed by atoms with Gasteiger partial charge in [-0.05, 0) is 51.0 Å². The summed E-state index contributed by atoms with van der Waals surface area (Å²) in [6.45, 7) is 11.5. The molecule has 4 N–H and O–H groups in total. The van der Waals surface area contributed by atoms with Crippen LogP contribution in [0.4, 0.5) is 0 Å². The monoisotopic (exact) mass is 852 g/mol. The van der Waals surface area contributed by atoms with Crippen molar-refractivity contribution < 1.29 is 77.2 Å². The van der Waals surface area contributed by atoms with E-state index in [9.17, 15) is 39.6 Å². The predicted octanol–water partition coefficient (Wildman–Crippen LogP) is 3.86. The fraction of sp³-hybridized carbons (Fsp3) is 0.600. The molecule has 0 saturated carbocycles. The highest BCUT2D eigenvalue weighted by molar-refractivity contribution is 6.30. The number of aliphatic hydroxyl groups excluding tert-OH is 1. The molecule has 5 aliphatic rings. The lowest BCUT2D eigenvalue weighted by Crippen LogP contribution is -2.64. The Labute approximate surface area is 354 Å². The molecule has 0 radical (unpaired) electrons. The first-order valence-corrected chi connectivity index (χ1v) is 21.0. The van der Waals surface area contributed by atoms with E-state index >= 15 is 0 Å². The molecule has 0 aromatic heterocycles. The quantitative estimate of drug-likeness (QED) is 0.123. The number of methoxy groups -OCH3 is 1. The van der Waals surface area contributed by atoms with Crippen molar-refractivity contribution in [1.29, 1.82) is 0 Å². The van der Waals surface area contributed by atoms with E-state index < -0.39 is 102 Å². The number of Topliss-reactive ketones (excluding diaryl/α,β-unsaturated/α-hetero) is 1. The zero-order chi connectivity index (χ0) is 44.3. The third-order valence-electron chi connectivity index (χ3n) is 13.3. The Hall–Kier alpha value is -4.10. The highest BCUT2D eigenvalue weighted by Crippen LogP contribution is 2.54. The molecule has 332 valence electrons. The van der Waals surface area contributed by atoms with Crippen LogP contribution in [-0.2, 0) is 42.7 Å². The Kier molecular flexibility index (Phi) is 12.7. The molecule has 2 aliphatic carbocycles. The van der Waals surface area contributed by atoms with E-state index in [-0.39, 0.29) is 70.9 Å². The summed E-state index contributed by atoms with van der Waals surface area (Å²) in [6.07, 6.45) is -5.10. The van der Waals surface area contributed by atoms with Crippen LogP contribution in [-0.4, -0.2) is 143 Å².